The molecule has 1 aromatic rings. The molecule has 26 heavy (non-hydrogen) atoms. The zero-order valence-electron chi connectivity index (χ0n) is 14.6. The molecule has 142 valence electrons. The summed E-state index contributed by atoms with van der Waals surface area (Å²) in [6.07, 6.45) is -1.47. The number of carboxylic acid groups (broad SMARTS) is 2. The minimum Gasteiger partial charge on any atom is -0.479 e. The van der Waals surface area contributed by atoms with Crippen LogP contribution in [0.15, 0.2) is 30.3 Å². The molecular formula is C18H23NO7. The lowest BCUT2D eigenvalue weighted by atomic mass is 9.88. The number of nitrogens with zero attached hydrogens (tertiary/aromatic N) is 1. The van der Waals surface area contributed by atoms with E-state index in [9.17, 15) is 24.6 Å². The van der Waals surface area contributed by atoms with Crippen LogP contribution in [-0.2, 0) is 25.5 Å². The predicted octanol–water partition coefficient (Wildman–Crippen LogP) is 1.77. The van der Waals surface area contributed by atoms with Crippen molar-refractivity contribution in [3.05, 3.63) is 35.9 Å². The highest BCUT2D eigenvalue weighted by Gasteiger charge is 2.54. The van der Waals surface area contributed by atoms with Gasteiger partial charge in [0, 0.05) is 6.42 Å². The third-order valence-electron chi connectivity index (χ3n) is 4.51. The molecule has 0 bridgehead atoms. The summed E-state index contributed by atoms with van der Waals surface area (Å²) >= 11 is 0. The summed E-state index contributed by atoms with van der Waals surface area (Å²) in [7, 11) is 0. The van der Waals surface area contributed by atoms with E-state index in [1.54, 1.807) is 6.92 Å². The maximum atomic E-state index is 12.0. The maximum Gasteiger partial charge on any atom is 0.408 e. The van der Waals surface area contributed by atoms with Gasteiger partial charge in [0.25, 0.3) is 0 Å². The Balaban J connectivity index is 2.12. The van der Waals surface area contributed by atoms with Crippen LogP contribution in [0.1, 0.15) is 25.3 Å². The zero-order chi connectivity index (χ0) is 19.2. The standard InChI is InChI=1S/C18H23NO7/c1-2-25-15(20)12-26-14-10-18(16(21)22,19(11-14)17(23)24)9-8-13-6-4-3-5-7-13/h3-7,14H,2,8-12H2,1H3,(H,21,22)(H,23,24)/t14-,18+/m1/s1. The number of carboxylic acids is 1. The van der Waals surface area contributed by atoms with Gasteiger partial charge in [-0.25, -0.2) is 14.4 Å². The summed E-state index contributed by atoms with van der Waals surface area (Å²) in [5.74, 6) is -1.77. The number of likely N-dealkylation sites (tertiary alicyclic amines) is 1. The van der Waals surface area contributed by atoms with E-state index in [2.05, 4.69) is 0 Å². The topological polar surface area (TPSA) is 113 Å². The molecule has 0 spiro atoms. The first-order valence-corrected chi connectivity index (χ1v) is 8.44. The minimum atomic E-state index is -1.58. The summed E-state index contributed by atoms with van der Waals surface area (Å²) in [4.78, 5) is 36.0. The van der Waals surface area contributed by atoms with Crippen LogP contribution in [0.25, 0.3) is 0 Å². The first-order valence-electron chi connectivity index (χ1n) is 8.44. The fraction of sp³-hybridized carbons (Fsp3) is 0.500. The van der Waals surface area contributed by atoms with Gasteiger partial charge in [-0.15, -0.1) is 0 Å². The van der Waals surface area contributed by atoms with Crippen LogP contribution in [-0.4, -0.2) is 64.5 Å². The molecule has 2 N–H and O–H groups in total. The molecule has 1 aliphatic rings. The third-order valence-corrected chi connectivity index (χ3v) is 4.51. The smallest absolute Gasteiger partial charge is 0.408 e. The molecule has 0 saturated carbocycles. The molecule has 8 heteroatoms. The number of hydrogen-bond acceptors (Lipinski definition) is 5. The van der Waals surface area contributed by atoms with E-state index < -0.39 is 29.7 Å². The van der Waals surface area contributed by atoms with Crippen molar-refractivity contribution in [2.24, 2.45) is 0 Å². The van der Waals surface area contributed by atoms with Gasteiger partial charge in [0.1, 0.15) is 12.1 Å². The maximum absolute atomic E-state index is 12.0. The van der Waals surface area contributed by atoms with Gasteiger partial charge in [0.2, 0.25) is 0 Å². The number of esters is 1. The fourth-order valence-electron chi connectivity index (χ4n) is 3.23. The van der Waals surface area contributed by atoms with Crippen LogP contribution >= 0.6 is 0 Å². The molecule has 0 aromatic heterocycles. The van der Waals surface area contributed by atoms with Crippen LogP contribution in [0.4, 0.5) is 4.79 Å². The number of ether oxygens (including phenoxy) is 2. The highest BCUT2D eigenvalue weighted by Crippen LogP contribution is 2.35. The molecule has 2 atom stereocenters. The number of carbonyl (C=O) groups is 3. The van der Waals surface area contributed by atoms with Crippen molar-refractivity contribution in [1.29, 1.82) is 0 Å². The first kappa shape index (κ1) is 19.7. The van der Waals surface area contributed by atoms with Gasteiger partial charge >= 0.3 is 18.0 Å². The molecule has 1 heterocycles. The van der Waals surface area contributed by atoms with E-state index in [0.717, 1.165) is 10.5 Å². The Bertz CT molecular complexity index is 648. The van der Waals surface area contributed by atoms with Gasteiger partial charge in [0.15, 0.2) is 0 Å². The second kappa shape index (κ2) is 8.66. The molecule has 1 aliphatic heterocycles. The third kappa shape index (κ3) is 4.51. The van der Waals surface area contributed by atoms with Crippen LogP contribution < -0.4 is 0 Å². The Morgan fingerprint density at radius 1 is 1.23 bits per heavy atom. The lowest BCUT2D eigenvalue weighted by Crippen LogP contribution is -2.53. The molecule has 1 amide bonds. The molecule has 0 aliphatic carbocycles. The average Bonchev–Trinajstić information content (AvgIpc) is 3.00. The monoisotopic (exact) mass is 365 g/mol. The Labute approximate surface area is 151 Å². The van der Waals surface area contributed by atoms with Gasteiger partial charge in [-0.05, 0) is 25.3 Å². The number of carbonyl (C=O) groups excluding carboxylic acids is 1. The number of amides is 1. The predicted molar refractivity (Wildman–Crippen MR) is 90.9 cm³/mol. The molecule has 2 rings (SSSR count). The normalized spacial score (nSPS) is 22.2. The summed E-state index contributed by atoms with van der Waals surface area (Å²) < 4.78 is 10.2. The van der Waals surface area contributed by atoms with Crippen LogP contribution in [0.2, 0.25) is 0 Å². The van der Waals surface area contributed by atoms with Crippen LogP contribution in [0, 0.1) is 0 Å². The van der Waals surface area contributed by atoms with E-state index in [1.165, 1.54) is 0 Å². The van der Waals surface area contributed by atoms with E-state index in [0.29, 0.717) is 6.42 Å². The SMILES string of the molecule is CCOC(=O)CO[C@H]1CN(C(=O)O)[C@](CCc2ccccc2)(C(=O)O)C1. The molecule has 0 radical (unpaired) electrons. The second-order valence-corrected chi connectivity index (χ2v) is 6.16. The first-order chi connectivity index (χ1) is 12.4. The van der Waals surface area contributed by atoms with Gasteiger partial charge in [-0.3, -0.25) is 4.90 Å². The van der Waals surface area contributed by atoms with Gasteiger partial charge < -0.3 is 19.7 Å². The van der Waals surface area contributed by atoms with E-state index in [4.69, 9.17) is 9.47 Å². The van der Waals surface area contributed by atoms with Crippen molar-refractivity contribution in [3.63, 3.8) is 0 Å². The minimum absolute atomic E-state index is 0.0130. The lowest BCUT2D eigenvalue weighted by molar-refractivity contribution is -0.150. The van der Waals surface area contributed by atoms with E-state index in [-0.39, 0.29) is 32.6 Å². The number of hydrogen-bond donors (Lipinski definition) is 2. The average molecular weight is 365 g/mol. The van der Waals surface area contributed by atoms with Crippen molar-refractivity contribution in [2.45, 2.75) is 37.8 Å². The Hall–Kier alpha value is -2.61. The molecule has 1 saturated heterocycles. The van der Waals surface area contributed by atoms with Crippen LogP contribution in [0.3, 0.4) is 0 Å². The second-order valence-electron chi connectivity index (χ2n) is 6.16. The van der Waals surface area contributed by atoms with E-state index >= 15 is 0 Å². The van der Waals surface area contributed by atoms with Gasteiger partial charge in [-0.1, -0.05) is 30.3 Å². The van der Waals surface area contributed by atoms with Gasteiger partial charge in [-0.2, -0.15) is 0 Å². The van der Waals surface area contributed by atoms with Crippen molar-refractivity contribution in [1.82, 2.24) is 4.90 Å². The largest absolute Gasteiger partial charge is 0.479 e. The van der Waals surface area contributed by atoms with Crippen molar-refractivity contribution in [2.75, 3.05) is 19.8 Å². The highest BCUT2D eigenvalue weighted by atomic mass is 16.6. The van der Waals surface area contributed by atoms with Gasteiger partial charge in [0.05, 0.1) is 19.3 Å². The van der Waals surface area contributed by atoms with E-state index in [1.807, 2.05) is 30.3 Å². The zero-order valence-corrected chi connectivity index (χ0v) is 14.6. The molecule has 1 aromatic carbocycles. The number of aliphatic carboxylic acids is 1. The Morgan fingerprint density at radius 3 is 2.50 bits per heavy atom. The molecular weight excluding hydrogens is 342 g/mol. The highest BCUT2D eigenvalue weighted by molar-refractivity contribution is 5.85. The summed E-state index contributed by atoms with van der Waals surface area (Å²) in [6.45, 7) is 1.44. The summed E-state index contributed by atoms with van der Waals surface area (Å²) in [5, 5.41) is 19.3. The molecule has 0 unspecified atom stereocenters. The van der Waals surface area contributed by atoms with Crippen molar-refractivity contribution >= 4 is 18.0 Å². The summed E-state index contributed by atoms with van der Waals surface area (Å²) in [6, 6.07) is 9.28. The quantitative estimate of drug-likeness (QED) is 0.675. The summed E-state index contributed by atoms with van der Waals surface area (Å²) in [5.41, 5.74) is -0.657. The number of rotatable bonds is 8. The number of aryl methyl sites for hydroxylation is 1. The van der Waals surface area contributed by atoms with Crippen molar-refractivity contribution in [3.8, 4) is 0 Å². The molecule has 1 fully saturated rings. The molecule has 8 nitrogen and oxygen atoms in total. The fourth-order valence-corrected chi connectivity index (χ4v) is 3.23. The van der Waals surface area contributed by atoms with Crippen LogP contribution in [0.5, 0.6) is 0 Å². The number of benzene rings is 1. The van der Waals surface area contributed by atoms with Crippen molar-refractivity contribution < 1.29 is 34.1 Å². The Kier molecular flexibility index (Phi) is 6.57. The lowest BCUT2D eigenvalue weighted by Gasteiger charge is -2.32. The Morgan fingerprint density at radius 2 is 1.92 bits per heavy atom.